The minimum absolute atomic E-state index is 0.126. The Hall–Kier alpha value is -2.55. The number of amides is 1. The van der Waals surface area contributed by atoms with Crippen LogP contribution in [0.15, 0.2) is 10.9 Å². The molecule has 0 bridgehead atoms. The molecule has 8 nitrogen and oxygen atoms in total. The molecule has 2 aliphatic rings. The second kappa shape index (κ2) is 9.07. The van der Waals surface area contributed by atoms with Crippen LogP contribution in [-0.2, 0) is 30.6 Å². The summed E-state index contributed by atoms with van der Waals surface area (Å²) in [5, 5.41) is 11.7. The number of pyridine rings is 1. The zero-order chi connectivity index (χ0) is 21.1. The topological polar surface area (TPSA) is 114 Å². The van der Waals surface area contributed by atoms with Gasteiger partial charge in [-0.05, 0) is 56.1 Å². The van der Waals surface area contributed by atoms with Crippen LogP contribution in [-0.4, -0.2) is 30.9 Å². The van der Waals surface area contributed by atoms with E-state index in [9.17, 15) is 14.4 Å². The molecule has 1 amide bonds. The summed E-state index contributed by atoms with van der Waals surface area (Å²) in [5.41, 5.74) is 2.06. The Morgan fingerprint density at radius 1 is 1.17 bits per heavy atom. The van der Waals surface area contributed by atoms with Gasteiger partial charge in [-0.15, -0.1) is 0 Å². The Labute approximate surface area is 178 Å². The molecule has 0 spiro atoms. The molecule has 2 aromatic rings. The summed E-state index contributed by atoms with van der Waals surface area (Å²) < 4.78 is 5.80. The van der Waals surface area contributed by atoms with Gasteiger partial charge < -0.3 is 9.67 Å². The number of hydrogen-bond acceptors (Lipinski definition) is 6. The number of fused-ring (bicyclic) bond motifs is 1. The Morgan fingerprint density at radius 2 is 1.93 bits per heavy atom. The van der Waals surface area contributed by atoms with Crippen molar-refractivity contribution >= 4 is 28.5 Å². The van der Waals surface area contributed by atoms with Crippen molar-refractivity contribution in [1.29, 1.82) is 0 Å². The Bertz CT molecular complexity index is 1010. The third-order valence-corrected chi connectivity index (χ3v) is 6.68. The lowest BCUT2D eigenvalue weighted by Crippen LogP contribution is -2.35. The first-order valence-corrected chi connectivity index (χ1v) is 11.4. The van der Waals surface area contributed by atoms with E-state index in [2.05, 4.69) is 14.7 Å². The molecular weight excluding hydrogens is 404 g/mol. The molecule has 0 unspecified atom stereocenters. The van der Waals surface area contributed by atoms with Gasteiger partial charge in [0.2, 0.25) is 5.13 Å². The zero-order valence-electron chi connectivity index (χ0n) is 16.9. The molecule has 2 heterocycles. The summed E-state index contributed by atoms with van der Waals surface area (Å²) in [7, 11) is 0. The van der Waals surface area contributed by atoms with Crippen LogP contribution >= 0.6 is 11.5 Å². The molecule has 1 fully saturated rings. The van der Waals surface area contributed by atoms with Crippen LogP contribution in [0.3, 0.4) is 0 Å². The van der Waals surface area contributed by atoms with Crippen LogP contribution in [0.25, 0.3) is 0 Å². The normalized spacial score (nSPS) is 16.8. The number of hydrogen-bond donors (Lipinski definition) is 2. The maximum atomic E-state index is 13.3. The fourth-order valence-electron chi connectivity index (χ4n) is 4.54. The molecule has 30 heavy (non-hydrogen) atoms. The summed E-state index contributed by atoms with van der Waals surface area (Å²) in [6.45, 7) is 0.684. The molecule has 0 atom stereocenters. The lowest BCUT2D eigenvalue weighted by molar-refractivity contribution is -0.136. The molecule has 2 N–H and O–H groups in total. The van der Waals surface area contributed by atoms with Crippen LogP contribution in [0.5, 0.6) is 0 Å². The summed E-state index contributed by atoms with van der Waals surface area (Å²) in [6, 6.07) is 1.74. The predicted molar refractivity (Wildman–Crippen MR) is 113 cm³/mol. The van der Waals surface area contributed by atoms with Gasteiger partial charge in [0.05, 0.1) is 0 Å². The average molecular weight is 431 g/mol. The van der Waals surface area contributed by atoms with E-state index in [0.29, 0.717) is 12.5 Å². The Morgan fingerprint density at radius 3 is 2.70 bits per heavy atom. The van der Waals surface area contributed by atoms with Crippen LogP contribution in [0.2, 0.25) is 0 Å². The van der Waals surface area contributed by atoms with Crippen molar-refractivity contribution in [3.05, 3.63) is 39.1 Å². The van der Waals surface area contributed by atoms with Crippen LogP contribution < -0.4 is 10.9 Å². The number of aliphatic carboxylic acids is 1. The van der Waals surface area contributed by atoms with Gasteiger partial charge in [-0.25, -0.2) is 4.98 Å². The van der Waals surface area contributed by atoms with Gasteiger partial charge in [-0.2, -0.15) is 4.37 Å². The van der Waals surface area contributed by atoms with Crippen molar-refractivity contribution in [2.45, 2.75) is 70.8 Å². The number of aromatic nitrogens is 3. The first-order chi connectivity index (χ1) is 14.5. The van der Waals surface area contributed by atoms with Crippen LogP contribution in [0.4, 0.5) is 5.13 Å². The molecule has 4 rings (SSSR count). The number of carboxylic acids is 1. The maximum absolute atomic E-state index is 13.3. The second-order valence-electron chi connectivity index (χ2n) is 8.20. The van der Waals surface area contributed by atoms with E-state index in [1.807, 2.05) is 4.57 Å². The summed E-state index contributed by atoms with van der Waals surface area (Å²) in [4.78, 5) is 41.0. The van der Waals surface area contributed by atoms with Crippen molar-refractivity contribution in [1.82, 2.24) is 13.9 Å². The number of nitrogens with zero attached hydrogens (tertiary/aromatic N) is 3. The third kappa shape index (κ3) is 4.61. The molecule has 9 heteroatoms. The molecule has 160 valence electrons. The number of carbonyl (C=O) groups is 2. The minimum Gasteiger partial charge on any atom is -0.481 e. The number of carbonyl (C=O) groups excluding carboxylic acids is 1. The predicted octanol–water partition coefficient (Wildman–Crippen LogP) is 3.04. The summed E-state index contributed by atoms with van der Waals surface area (Å²) >= 11 is 0.917. The number of carboxylic acid groups (broad SMARTS) is 1. The highest BCUT2D eigenvalue weighted by Crippen LogP contribution is 2.27. The molecule has 0 saturated heterocycles. The molecule has 0 aliphatic heterocycles. The fraction of sp³-hybridized carbons (Fsp3) is 0.571. The smallest absolute Gasteiger partial charge is 0.311 e. The monoisotopic (exact) mass is 430 g/mol. The largest absolute Gasteiger partial charge is 0.481 e. The van der Waals surface area contributed by atoms with Gasteiger partial charge >= 0.3 is 5.97 Å². The quantitative estimate of drug-likeness (QED) is 0.728. The standard InChI is InChI=1S/C21H26N4O4S/c26-18(27)11-17-22-21(30-24-17)23-19(28)15-10-14-8-4-5-9-16(14)25(20(15)29)12-13-6-2-1-3-7-13/h10,13H,1-9,11-12H2,(H,26,27)(H,22,23,24,28). The summed E-state index contributed by atoms with van der Waals surface area (Å²) in [6.07, 6.45) is 9.52. The van der Waals surface area contributed by atoms with Gasteiger partial charge in [-0.1, -0.05) is 19.3 Å². The first-order valence-electron chi connectivity index (χ1n) is 10.6. The van der Waals surface area contributed by atoms with E-state index in [0.717, 1.165) is 61.3 Å². The van der Waals surface area contributed by atoms with E-state index in [1.165, 1.54) is 19.3 Å². The average Bonchev–Trinajstić information content (AvgIpc) is 3.16. The lowest BCUT2D eigenvalue weighted by atomic mass is 9.88. The van der Waals surface area contributed by atoms with Gasteiger partial charge in [0.15, 0.2) is 5.82 Å². The number of rotatable bonds is 6. The van der Waals surface area contributed by atoms with Crippen molar-refractivity contribution in [3.63, 3.8) is 0 Å². The molecule has 0 aromatic carbocycles. The highest BCUT2D eigenvalue weighted by atomic mass is 32.1. The first kappa shape index (κ1) is 20.7. The van der Waals surface area contributed by atoms with E-state index in [4.69, 9.17) is 5.11 Å². The molecule has 2 aliphatic carbocycles. The van der Waals surface area contributed by atoms with Crippen LogP contribution in [0, 0.1) is 5.92 Å². The Kier molecular flexibility index (Phi) is 6.26. The lowest BCUT2D eigenvalue weighted by Gasteiger charge is -2.27. The van der Waals surface area contributed by atoms with Gasteiger partial charge in [-0.3, -0.25) is 19.7 Å². The van der Waals surface area contributed by atoms with Crippen molar-refractivity contribution in [2.24, 2.45) is 5.92 Å². The maximum Gasteiger partial charge on any atom is 0.311 e. The SMILES string of the molecule is O=C(O)Cc1nsc(NC(=O)c2cc3c(n(CC4CCCCC4)c2=O)CCCC3)n1. The van der Waals surface area contributed by atoms with E-state index < -0.39 is 11.9 Å². The molecular formula is C21H26N4O4S. The van der Waals surface area contributed by atoms with E-state index >= 15 is 0 Å². The van der Waals surface area contributed by atoms with Gasteiger partial charge in [0.1, 0.15) is 12.0 Å². The molecule has 0 radical (unpaired) electrons. The van der Waals surface area contributed by atoms with Crippen molar-refractivity contribution in [3.8, 4) is 0 Å². The minimum atomic E-state index is -1.04. The second-order valence-corrected chi connectivity index (χ2v) is 8.95. The number of aryl methyl sites for hydroxylation is 1. The van der Waals surface area contributed by atoms with Crippen LogP contribution in [0.1, 0.15) is 72.4 Å². The highest BCUT2D eigenvalue weighted by molar-refractivity contribution is 7.09. The van der Waals surface area contributed by atoms with E-state index in [-0.39, 0.29) is 28.5 Å². The number of nitrogens with one attached hydrogen (secondary N) is 1. The third-order valence-electron chi connectivity index (χ3n) is 6.01. The molecule has 1 saturated carbocycles. The van der Waals surface area contributed by atoms with E-state index in [1.54, 1.807) is 6.07 Å². The van der Waals surface area contributed by atoms with Crippen molar-refractivity contribution in [2.75, 3.05) is 5.32 Å². The van der Waals surface area contributed by atoms with Gasteiger partial charge in [0, 0.05) is 23.8 Å². The van der Waals surface area contributed by atoms with Gasteiger partial charge in [0.25, 0.3) is 11.5 Å². The Balaban J connectivity index is 1.61. The van der Waals surface area contributed by atoms with Crippen molar-refractivity contribution < 1.29 is 14.7 Å². The number of anilines is 1. The fourth-order valence-corrected chi connectivity index (χ4v) is 5.12. The molecule has 2 aromatic heterocycles. The summed E-state index contributed by atoms with van der Waals surface area (Å²) in [5.74, 6) is -0.916. The zero-order valence-corrected chi connectivity index (χ0v) is 17.7. The highest BCUT2D eigenvalue weighted by Gasteiger charge is 2.24.